The molecule has 0 aromatic heterocycles. The summed E-state index contributed by atoms with van der Waals surface area (Å²) in [5, 5.41) is 3.76. The Bertz CT molecular complexity index is 173. The average molecular weight is 197 g/mol. The van der Waals surface area contributed by atoms with E-state index < -0.39 is 0 Å². The van der Waals surface area contributed by atoms with E-state index >= 15 is 0 Å². The van der Waals surface area contributed by atoms with Crippen molar-refractivity contribution in [2.75, 3.05) is 13.2 Å². The Morgan fingerprint density at radius 3 is 1.93 bits per heavy atom. The molecule has 1 aliphatic heterocycles. The van der Waals surface area contributed by atoms with Crippen LogP contribution in [0, 0.1) is 11.8 Å². The van der Waals surface area contributed by atoms with Gasteiger partial charge in [-0.2, -0.15) is 0 Å². The standard InChI is InChI=1S/C12H23NO/c1-9(11-3-4-11)13-10(2)12-5-7-14-8-6-12/h9-13H,3-8H2,1-2H3. The predicted octanol–water partition coefficient (Wildman–Crippen LogP) is 2.19. The molecule has 0 spiro atoms. The molecular weight excluding hydrogens is 174 g/mol. The average Bonchev–Trinajstić information content (AvgIpc) is 3.02. The first kappa shape index (κ1) is 10.4. The molecular formula is C12H23NO. The number of hydrogen-bond acceptors (Lipinski definition) is 2. The van der Waals surface area contributed by atoms with Crippen molar-refractivity contribution in [2.24, 2.45) is 11.8 Å². The summed E-state index contributed by atoms with van der Waals surface area (Å²) >= 11 is 0. The maximum atomic E-state index is 5.39. The predicted molar refractivity (Wildman–Crippen MR) is 58.3 cm³/mol. The minimum absolute atomic E-state index is 0.675. The third-order valence-electron chi connectivity index (χ3n) is 3.83. The first-order valence-corrected chi connectivity index (χ1v) is 6.11. The second kappa shape index (κ2) is 4.63. The van der Waals surface area contributed by atoms with Crippen molar-refractivity contribution in [2.45, 2.75) is 51.6 Å². The van der Waals surface area contributed by atoms with Gasteiger partial charge in [-0.05, 0) is 51.4 Å². The molecule has 1 saturated carbocycles. The van der Waals surface area contributed by atoms with Crippen LogP contribution in [0.1, 0.15) is 39.5 Å². The molecule has 1 saturated heterocycles. The van der Waals surface area contributed by atoms with Crippen molar-refractivity contribution in [1.29, 1.82) is 0 Å². The van der Waals surface area contributed by atoms with Crippen molar-refractivity contribution >= 4 is 0 Å². The summed E-state index contributed by atoms with van der Waals surface area (Å²) in [6.07, 6.45) is 5.36. The normalized spacial score (nSPS) is 28.7. The second-order valence-electron chi connectivity index (χ2n) is 5.03. The van der Waals surface area contributed by atoms with Gasteiger partial charge in [0.1, 0.15) is 0 Å². The Labute approximate surface area is 87.4 Å². The van der Waals surface area contributed by atoms with E-state index in [1.165, 1.54) is 25.7 Å². The van der Waals surface area contributed by atoms with Gasteiger partial charge in [0.15, 0.2) is 0 Å². The minimum atomic E-state index is 0.675. The van der Waals surface area contributed by atoms with Crippen LogP contribution in [0.25, 0.3) is 0 Å². The third-order valence-corrected chi connectivity index (χ3v) is 3.83. The fourth-order valence-corrected chi connectivity index (χ4v) is 2.50. The molecule has 1 aliphatic carbocycles. The monoisotopic (exact) mass is 197 g/mol. The third kappa shape index (κ3) is 2.71. The van der Waals surface area contributed by atoms with Crippen LogP contribution in [0.5, 0.6) is 0 Å². The molecule has 2 nitrogen and oxygen atoms in total. The van der Waals surface area contributed by atoms with E-state index in [0.29, 0.717) is 6.04 Å². The molecule has 2 aliphatic rings. The van der Waals surface area contributed by atoms with E-state index in [9.17, 15) is 0 Å². The SMILES string of the molecule is CC(NC(C)C1CC1)C1CCOCC1. The first-order valence-electron chi connectivity index (χ1n) is 6.11. The Hall–Kier alpha value is -0.0800. The zero-order chi connectivity index (χ0) is 9.97. The van der Waals surface area contributed by atoms with Crippen molar-refractivity contribution < 1.29 is 4.74 Å². The highest BCUT2D eigenvalue weighted by atomic mass is 16.5. The van der Waals surface area contributed by atoms with Gasteiger partial charge in [0.2, 0.25) is 0 Å². The van der Waals surface area contributed by atoms with Crippen LogP contribution in [-0.4, -0.2) is 25.3 Å². The summed E-state index contributed by atoms with van der Waals surface area (Å²) in [6, 6.07) is 1.40. The fourth-order valence-electron chi connectivity index (χ4n) is 2.50. The van der Waals surface area contributed by atoms with Crippen LogP contribution in [0.3, 0.4) is 0 Å². The van der Waals surface area contributed by atoms with Gasteiger partial charge < -0.3 is 10.1 Å². The summed E-state index contributed by atoms with van der Waals surface area (Å²) in [7, 11) is 0. The molecule has 2 heteroatoms. The number of hydrogen-bond donors (Lipinski definition) is 1. The molecule has 1 heterocycles. The highest BCUT2D eigenvalue weighted by Gasteiger charge is 2.30. The summed E-state index contributed by atoms with van der Waals surface area (Å²) in [5.74, 6) is 1.81. The molecule has 0 radical (unpaired) electrons. The molecule has 1 N–H and O–H groups in total. The van der Waals surface area contributed by atoms with E-state index in [2.05, 4.69) is 19.2 Å². The molecule has 2 fully saturated rings. The maximum Gasteiger partial charge on any atom is 0.0469 e. The van der Waals surface area contributed by atoms with Gasteiger partial charge in [0.05, 0.1) is 0 Å². The topological polar surface area (TPSA) is 21.3 Å². The summed E-state index contributed by atoms with van der Waals surface area (Å²) < 4.78 is 5.39. The highest BCUT2D eigenvalue weighted by Crippen LogP contribution is 2.33. The lowest BCUT2D eigenvalue weighted by molar-refractivity contribution is 0.0543. The van der Waals surface area contributed by atoms with Gasteiger partial charge in [0.25, 0.3) is 0 Å². The van der Waals surface area contributed by atoms with Gasteiger partial charge in [0, 0.05) is 25.3 Å². The van der Waals surface area contributed by atoms with Gasteiger partial charge in [-0.15, -0.1) is 0 Å². The first-order chi connectivity index (χ1) is 6.77. The molecule has 0 aromatic carbocycles. The largest absolute Gasteiger partial charge is 0.381 e. The van der Waals surface area contributed by atoms with Gasteiger partial charge in [-0.25, -0.2) is 0 Å². The lowest BCUT2D eigenvalue weighted by atomic mass is 9.92. The van der Waals surface area contributed by atoms with Crippen molar-refractivity contribution in [3.8, 4) is 0 Å². The zero-order valence-electron chi connectivity index (χ0n) is 9.46. The lowest BCUT2D eigenvalue weighted by Crippen LogP contribution is -2.42. The smallest absolute Gasteiger partial charge is 0.0469 e. The van der Waals surface area contributed by atoms with Crippen LogP contribution >= 0.6 is 0 Å². The van der Waals surface area contributed by atoms with Crippen LogP contribution in [-0.2, 0) is 4.74 Å². The second-order valence-corrected chi connectivity index (χ2v) is 5.03. The Morgan fingerprint density at radius 1 is 0.929 bits per heavy atom. The highest BCUT2D eigenvalue weighted by molar-refractivity contribution is 4.86. The molecule has 2 rings (SSSR count). The Kier molecular flexibility index (Phi) is 3.45. The number of ether oxygens (including phenoxy) is 1. The van der Waals surface area contributed by atoms with Crippen molar-refractivity contribution in [3.05, 3.63) is 0 Å². The molecule has 2 unspecified atom stereocenters. The van der Waals surface area contributed by atoms with Crippen molar-refractivity contribution in [3.63, 3.8) is 0 Å². The number of nitrogens with one attached hydrogen (secondary N) is 1. The van der Waals surface area contributed by atoms with Crippen LogP contribution < -0.4 is 5.32 Å². The Balaban J connectivity index is 1.72. The lowest BCUT2D eigenvalue weighted by Gasteiger charge is -2.30. The maximum absolute atomic E-state index is 5.39. The molecule has 0 aromatic rings. The molecule has 82 valence electrons. The molecule has 14 heavy (non-hydrogen) atoms. The van der Waals surface area contributed by atoms with E-state index in [-0.39, 0.29) is 0 Å². The van der Waals surface area contributed by atoms with Crippen LogP contribution in [0.15, 0.2) is 0 Å². The van der Waals surface area contributed by atoms with E-state index in [1.54, 1.807) is 0 Å². The van der Waals surface area contributed by atoms with Gasteiger partial charge in [-0.3, -0.25) is 0 Å². The molecule has 0 bridgehead atoms. The summed E-state index contributed by atoms with van der Waals surface area (Å²) in [4.78, 5) is 0. The summed E-state index contributed by atoms with van der Waals surface area (Å²) in [6.45, 7) is 6.62. The Morgan fingerprint density at radius 2 is 1.43 bits per heavy atom. The minimum Gasteiger partial charge on any atom is -0.381 e. The fraction of sp³-hybridized carbons (Fsp3) is 1.00. The van der Waals surface area contributed by atoms with Crippen LogP contribution in [0.4, 0.5) is 0 Å². The van der Waals surface area contributed by atoms with E-state index in [1.807, 2.05) is 0 Å². The van der Waals surface area contributed by atoms with E-state index in [0.717, 1.165) is 31.1 Å². The zero-order valence-corrected chi connectivity index (χ0v) is 9.46. The van der Waals surface area contributed by atoms with E-state index in [4.69, 9.17) is 4.74 Å². The van der Waals surface area contributed by atoms with Crippen LogP contribution in [0.2, 0.25) is 0 Å². The van der Waals surface area contributed by atoms with Gasteiger partial charge >= 0.3 is 0 Å². The summed E-state index contributed by atoms with van der Waals surface area (Å²) in [5.41, 5.74) is 0. The molecule has 2 atom stereocenters. The number of rotatable bonds is 4. The quantitative estimate of drug-likeness (QED) is 0.746. The van der Waals surface area contributed by atoms with Gasteiger partial charge in [-0.1, -0.05) is 0 Å². The van der Waals surface area contributed by atoms with Crippen molar-refractivity contribution in [1.82, 2.24) is 5.32 Å². The molecule has 0 amide bonds.